The van der Waals surface area contributed by atoms with Crippen LogP contribution >= 0.6 is 11.6 Å². The van der Waals surface area contributed by atoms with Crippen LogP contribution in [0.2, 0.25) is 0 Å². The average molecular weight is 413 g/mol. The Morgan fingerprint density at radius 3 is 2.37 bits per heavy atom. The number of nitrogens with one attached hydrogen (secondary N) is 1. The van der Waals surface area contributed by atoms with E-state index in [2.05, 4.69) is 10.2 Å². The second kappa shape index (κ2) is 9.07. The molecule has 0 saturated heterocycles. The van der Waals surface area contributed by atoms with E-state index in [1.165, 1.54) is 12.1 Å². The summed E-state index contributed by atoms with van der Waals surface area (Å²) in [5, 5.41) is 2.68. The number of amides is 1. The van der Waals surface area contributed by atoms with E-state index in [-0.39, 0.29) is 10.6 Å². The maximum atomic E-state index is 12.2. The van der Waals surface area contributed by atoms with Gasteiger partial charge in [-0.05, 0) is 56.3 Å². The van der Waals surface area contributed by atoms with Gasteiger partial charge in [-0.2, -0.15) is 8.42 Å². The van der Waals surface area contributed by atoms with Gasteiger partial charge < -0.3 is 15.0 Å². The van der Waals surface area contributed by atoms with E-state index in [0.29, 0.717) is 5.69 Å². The lowest BCUT2D eigenvalue weighted by molar-refractivity contribution is -0.119. The molecule has 27 heavy (non-hydrogen) atoms. The third-order valence-electron chi connectivity index (χ3n) is 3.81. The molecule has 146 valence electrons. The predicted octanol–water partition coefficient (Wildman–Crippen LogP) is 3.36. The summed E-state index contributed by atoms with van der Waals surface area (Å²) in [6.07, 6.45) is 0. The summed E-state index contributed by atoms with van der Waals surface area (Å²) in [7, 11) is -4.29. The topological polar surface area (TPSA) is 95.9 Å². The van der Waals surface area contributed by atoms with Gasteiger partial charge in [0.15, 0.2) is 0 Å². The minimum absolute atomic E-state index is 0.189. The van der Waals surface area contributed by atoms with Crippen LogP contribution in [0.5, 0.6) is 5.75 Å². The summed E-state index contributed by atoms with van der Waals surface area (Å²) >= 11 is 5.99. The fourth-order valence-corrected chi connectivity index (χ4v) is 3.07. The molecular weight excluding hydrogens is 392 g/mol. The molecule has 2 rings (SSSR count). The molecule has 0 aliphatic rings. The molecule has 2 aromatic carbocycles. The average Bonchev–Trinajstić information content (AvgIpc) is 2.63. The molecule has 0 aromatic heterocycles. The largest absolute Gasteiger partial charge is 0.465 e. The molecule has 2 aromatic rings. The summed E-state index contributed by atoms with van der Waals surface area (Å²) < 4.78 is 36.3. The van der Waals surface area contributed by atoms with Crippen molar-refractivity contribution in [1.82, 2.24) is 0 Å². The first kappa shape index (κ1) is 21.0. The Labute approximate surface area is 163 Å². The van der Waals surface area contributed by atoms with Gasteiger partial charge in [0, 0.05) is 24.5 Å². The number of halogens is 1. The van der Waals surface area contributed by atoms with Crippen LogP contribution in [-0.4, -0.2) is 37.5 Å². The molecule has 0 aliphatic heterocycles. The van der Waals surface area contributed by atoms with Gasteiger partial charge in [0.2, 0.25) is 0 Å². The molecule has 0 saturated carbocycles. The van der Waals surface area contributed by atoms with Crippen LogP contribution in [0.25, 0.3) is 0 Å². The van der Waals surface area contributed by atoms with E-state index < -0.39 is 21.6 Å². The normalized spacial score (nSPS) is 12.3. The molecule has 0 aliphatic carbocycles. The van der Waals surface area contributed by atoms with E-state index in [1.54, 1.807) is 6.07 Å². The Kier molecular flexibility index (Phi) is 7.06. The first-order chi connectivity index (χ1) is 12.7. The summed E-state index contributed by atoms with van der Waals surface area (Å²) in [6, 6.07) is 12.3. The minimum atomic E-state index is -4.29. The lowest BCUT2D eigenvalue weighted by Crippen LogP contribution is -2.28. The molecule has 2 N–H and O–H groups in total. The van der Waals surface area contributed by atoms with Crippen LogP contribution in [0.4, 0.5) is 11.4 Å². The van der Waals surface area contributed by atoms with Gasteiger partial charge in [0.25, 0.3) is 21.6 Å². The van der Waals surface area contributed by atoms with E-state index in [0.717, 1.165) is 30.9 Å². The maximum Gasteiger partial charge on any atom is 0.294 e. The summed E-state index contributed by atoms with van der Waals surface area (Å²) in [5.41, 5.74) is 0.240. The smallest absolute Gasteiger partial charge is 0.294 e. The van der Waals surface area contributed by atoms with Gasteiger partial charge in [-0.25, -0.2) is 0 Å². The summed E-state index contributed by atoms with van der Waals surface area (Å²) in [5.74, 6) is -0.373. The fraction of sp³-hybridized carbons (Fsp3) is 0.278. The third-order valence-corrected chi connectivity index (χ3v) is 4.96. The number of ether oxygens (including phenoxy) is 1. The van der Waals surface area contributed by atoms with Crippen molar-refractivity contribution in [3.8, 4) is 5.75 Å². The molecule has 0 radical (unpaired) electrons. The number of carbonyl (C=O) groups excluding carboxylic acids is 1. The first-order valence-corrected chi connectivity index (χ1v) is 10.2. The maximum absolute atomic E-state index is 12.2. The number of rotatable bonds is 8. The molecule has 0 spiro atoms. The second-order valence-electron chi connectivity index (χ2n) is 5.59. The van der Waals surface area contributed by atoms with E-state index in [4.69, 9.17) is 20.9 Å². The Bertz CT molecular complexity index is 883. The highest BCUT2D eigenvalue weighted by atomic mass is 35.5. The highest BCUT2D eigenvalue weighted by Crippen LogP contribution is 2.21. The van der Waals surface area contributed by atoms with E-state index >= 15 is 0 Å². The van der Waals surface area contributed by atoms with Crippen LogP contribution < -0.4 is 15.0 Å². The van der Waals surface area contributed by atoms with Crippen molar-refractivity contribution in [2.45, 2.75) is 24.3 Å². The molecule has 0 fully saturated rings. The lowest BCUT2D eigenvalue weighted by Gasteiger charge is -2.21. The number of benzene rings is 2. The molecule has 7 nitrogen and oxygen atoms in total. The van der Waals surface area contributed by atoms with Crippen molar-refractivity contribution in [3.05, 3.63) is 48.5 Å². The van der Waals surface area contributed by atoms with Crippen LogP contribution in [-0.2, 0) is 14.9 Å². The van der Waals surface area contributed by atoms with Crippen molar-refractivity contribution in [3.63, 3.8) is 0 Å². The minimum Gasteiger partial charge on any atom is -0.465 e. The van der Waals surface area contributed by atoms with Gasteiger partial charge in [-0.1, -0.05) is 17.7 Å². The van der Waals surface area contributed by atoms with Crippen LogP contribution in [0.1, 0.15) is 13.8 Å². The van der Waals surface area contributed by atoms with Gasteiger partial charge in [-0.3, -0.25) is 9.35 Å². The number of alkyl halides is 1. The highest BCUT2D eigenvalue weighted by molar-refractivity contribution is 7.85. The fourth-order valence-electron chi connectivity index (χ4n) is 2.43. The Balaban J connectivity index is 2.02. The number of anilines is 2. The predicted molar refractivity (Wildman–Crippen MR) is 105 cm³/mol. The Morgan fingerprint density at radius 2 is 1.81 bits per heavy atom. The molecule has 0 heterocycles. The van der Waals surface area contributed by atoms with Crippen LogP contribution in [0.3, 0.4) is 0 Å². The molecule has 1 unspecified atom stereocenters. The van der Waals surface area contributed by atoms with Gasteiger partial charge in [0.05, 0.1) is 4.90 Å². The van der Waals surface area contributed by atoms with Crippen LogP contribution in [0.15, 0.2) is 53.4 Å². The summed E-state index contributed by atoms with van der Waals surface area (Å²) in [4.78, 5) is 14.1. The number of hydrogen-bond donors (Lipinski definition) is 2. The second-order valence-corrected chi connectivity index (χ2v) is 7.41. The van der Waals surface area contributed by atoms with Gasteiger partial charge in [0.1, 0.15) is 5.75 Å². The standard InChI is InChI=1S/C18H21ClN2O5S/c1-3-21(4-2)14-7-5-6-13(12-14)20-18(22)17(19)26-15-8-10-16(11-9-15)27(23,24)25/h5-12,17H,3-4H2,1-2H3,(H,20,22)(H,23,24,25). The van der Waals surface area contributed by atoms with Crippen molar-refractivity contribution in [2.75, 3.05) is 23.3 Å². The van der Waals surface area contributed by atoms with Crippen molar-refractivity contribution < 1.29 is 22.5 Å². The van der Waals surface area contributed by atoms with Crippen molar-refractivity contribution in [1.29, 1.82) is 0 Å². The van der Waals surface area contributed by atoms with Crippen molar-refractivity contribution in [2.24, 2.45) is 0 Å². The molecule has 9 heteroatoms. The van der Waals surface area contributed by atoms with Crippen molar-refractivity contribution >= 4 is 39.0 Å². The van der Waals surface area contributed by atoms with Gasteiger partial charge >= 0.3 is 0 Å². The number of hydrogen-bond acceptors (Lipinski definition) is 5. The monoisotopic (exact) mass is 412 g/mol. The van der Waals surface area contributed by atoms with Gasteiger partial charge in [-0.15, -0.1) is 0 Å². The zero-order valence-corrected chi connectivity index (χ0v) is 16.5. The molecule has 1 amide bonds. The molecule has 1 atom stereocenters. The first-order valence-electron chi connectivity index (χ1n) is 8.28. The van der Waals surface area contributed by atoms with E-state index in [1.807, 2.05) is 32.0 Å². The van der Waals surface area contributed by atoms with Crippen LogP contribution in [0, 0.1) is 0 Å². The lowest BCUT2D eigenvalue weighted by atomic mass is 10.2. The zero-order chi connectivity index (χ0) is 20.0. The van der Waals surface area contributed by atoms with E-state index in [9.17, 15) is 13.2 Å². The SMILES string of the molecule is CCN(CC)c1cccc(NC(=O)C(Cl)Oc2ccc(S(=O)(=O)O)cc2)c1. The zero-order valence-electron chi connectivity index (χ0n) is 14.9. The number of nitrogens with zero attached hydrogens (tertiary/aromatic N) is 1. The molecule has 0 bridgehead atoms. The molecular formula is C18H21ClN2O5S. The Hall–Kier alpha value is -2.29. The Morgan fingerprint density at radius 1 is 1.19 bits per heavy atom. The quantitative estimate of drug-likeness (QED) is 0.509. The third kappa shape index (κ3) is 5.85. The summed E-state index contributed by atoms with van der Waals surface area (Å²) in [6.45, 7) is 5.78. The number of carbonyl (C=O) groups is 1. The highest BCUT2D eigenvalue weighted by Gasteiger charge is 2.18.